The summed E-state index contributed by atoms with van der Waals surface area (Å²) in [6.45, 7) is 23.8. The monoisotopic (exact) mass is 740 g/mol. The third kappa shape index (κ3) is 12.8. The van der Waals surface area contributed by atoms with E-state index in [1.54, 1.807) is 0 Å². The molecule has 0 bridgehead atoms. The van der Waals surface area contributed by atoms with E-state index in [1.807, 2.05) is 24.3 Å². The Kier molecular flexibility index (Phi) is 17.9. The minimum Gasteiger partial charge on any atom is -0.395 e. The Balaban J connectivity index is 0.00000172. The van der Waals surface area contributed by atoms with Crippen LogP contribution in [0.3, 0.4) is 0 Å². The Labute approximate surface area is 289 Å². The van der Waals surface area contributed by atoms with E-state index in [2.05, 4.69) is 99.5 Å². The SMILES string of the molecule is CC(C)(C)c1ccc(C(O)(c2ccc(C(C)(C)C)cc2C(C)(C)C)C(CO)(CO)CO)c(C(C)(C)C)c1.OP(O)O.OP(O)OP(O)O. The van der Waals surface area contributed by atoms with Crippen LogP contribution < -0.4 is 0 Å². The molecule has 0 radical (unpaired) electrons. The molecule has 0 aliphatic heterocycles. The summed E-state index contributed by atoms with van der Waals surface area (Å²) in [6, 6.07) is 12.2. The summed E-state index contributed by atoms with van der Waals surface area (Å²) in [5.74, 6) is 0. The number of hydrogen-bond donors (Lipinski definition) is 11. The van der Waals surface area contributed by atoms with E-state index >= 15 is 0 Å². The number of benzene rings is 2. The van der Waals surface area contributed by atoms with Gasteiger partial charge in [0.05, 0.1) is 25.2 Å². The highest BCUT2D eigenvalue weighted by Crippen LogP contribution is 2.51. The molecule has 0 aliphatic carbocycles. The molecule has 0 aliphatic rings. The predicted octanol–water partition coefficient (Wildman–Crippen LogP) is 4.69. The van der Waals surface area contributed by atoms with Crippen LogP contribution in [0.4, 0.5) is 0 Å². The van der Waals surface area contributed by atoms with E-state index in [0.717, 1.165) is 22.3 Å². The van der Waals surface area contributed by atoms with Crippen LogP contribution in [0, 0.1) is 5.41 Å². The summed E-state index contributed by atoms with van der Waals surface area (Å²) in [4.78, 5) is 53.0. The maximum atomic E-state index is 13.1. The number of aliphatic hydroxyl groups is 4. The lowest BCUT2D eigenvalue weighted by Crippen LogP contribution is -2.55. The zero-order valence-corrected chi connectivity index (χ0v) is 32.9. The third-order valence-corrected chi connectivity index (χ3v) is 9.16. The topological polar surface area (TPSA) is 232 Å². The van der Waals surface area contributed by atoms with Crippen LogP contribution in [0.2, 0.25) is 0 Å². The predicted molar refractivity (Wildman–Crippen MR) is 192 cm³/mol. The van der Waals surface area contributed by atoms with Crippen LogP contribution in [0.15, 0.2) is 36.4 Å². The average molecular weight is 741 g/mol. The molecule has 48 heavy (non-hydrogen) atoms. The molecule has 0 unspecified atom stereocenters. The first-order chi connectivity index (χ1) is 21.5. The Morgan fingerprint density at radius 3 is 0.917 bits per heavy atom. The molecule has 0 fully saturated rings. The molecule has 2 aromatic carbocycles. The van der Waals surface area contributed by atoms with Crippen LogP contribution in [-0.2, 0) is 31.6 Å². The summed E-state index contributed by atoms with van der Waals surface area (Å²) < 4.78 is 3.60. The average Bonchev–Trinajstić information content (AvgIpc) is 2.90. The quantitative estimate of drug-likeness (QED) is 0.166. The van der Waals surface area contributed by atoms with Gasteiger partial charge in [-0.1, -0.05) is 119 Å². The van der Waals surface area contributed by atoms with E-state index in [-0.39, 0.29) is 21.7 Å². The smallest absolute Gasteiger partial charge is 0.334 e. The first-order valence-corrected chi connectivity index (χ1v) is 18.8. The molecule has 0 saturated heterocycles. The first kappa shape index (κ1) is 47.2. The highest BCUT2D eigenvalue weighted by molar-refractivity contribution is 7.53. The molecule has 2 aromatic rings. The van der Waals surface area contributed by atoms with E-state index in [1.165, 1.54) is 0 Å². The van der Waals surface area contributed by atoms with E-state index < -0.39 is 56.6 Å². The number of hydrogen-bond acceptors (Lipinski definition) is 12. The number of aliphatic hydroxyl groups excluding tert-OH is 3. The summed E-state index contributed by atoms with van der Waals surface area (Å²) in [7, 11) is -7.84. The Morgan fingerprint density at radius 2 is 0.750 bits per heavy atom. The molecule has 0 atom stereocenters. The molecule has 0 saturated carbocycles. The van der Waals surface area contributed by atoms with Crippen LogP contribution >= 0.6 is 25.8 Å². The van der Waals surface area contributed by atoms with Crippen molar-refractivity contribution >= 4 is 25.8 Å². The van der Waals surface area contributed by atoms with Gasteiger partial charge < -0.3 is 54.7 Å². The van der Waals surface area contributed by atoms with Gasteiger partial charge in [-0.25, -0.2) is 4.31 Å². The van der Waals surface area contributed by atoms with E-state index in [9.17, 15) is 20.4 Å². The summed E-state index contributed by atoms with van der Waals surface area (Å²) >= 11 is 0. The van der Waals surface area contributed by atoms with Crippen molar-refractivity contribution in [2.24, 2.45) is 5.41 Å². The minimum absolute atomic E-state index is 0.108. The van der Waals surface area contributed by atoms with Gasteiger partial charge in [0.25, 0.3) is 0 Å². The fraction of sp³-hybridized carbons (Fsp3) is 0.636. The van der Waals surface area contributed by atoms with Crippen LogP contribution in [0.5, 0.6) is 0 Å². The van der Waals surface area contributed by atoms with Gasteiger partial charge in [0.2, 0.25) is 0 Å². The molecule has 15 heteroatoms. The lowest BCUT2D eigenvalue weighted by Gasteiger charge is -2.49. The molecule has 0 spiro atoms. The van der Waals surface area contributed by atoms with Crippen molar-refractivity contribution in [3.63, 3.8) is 0 Å². The van der Waals surface area contributed by atoms with E-state index in [4.69, 9.17) is 34.3 Å². The maximum Gasteiger partial charge on any atom is 0.334 e. The standard InChI is InChI=1S/C33H52O4.H4O5P2.H3O3P/c1-28(2,3)22-13-15-24(26(17-22)30(7,8)9)33(37,32(19-34,20-35)21-36)25-16-14-23(29(4,5)6)18-27(25)31(10,11)12;1-6(2)5-7(3)4;1-4(2)3/h13-18,34-37H,19-21H2,1-12H3;1-4H;1-3H. The molecular weight excluding hydrogens is 681 g/mol. The summed E-state index contributed by atoms with van der Waals surface area (Å²) in [5.41, 5.74) is 0.863. The van der Waals surface area contributed by atoms with Crippen molar-refractivity contribution in [1.82, 2.24) is 0 Å². The van der Waals surface area contributed by atoms with Crippen molar-refractivity contribution < 1.29 is 59.0 Å². The third-order valence-electron chi connectivity index (χ3n) is 7.99. The second-order valence-electron chi connectivity index (χ2n) is 15.8. The van der Waals surface area contributed by atoms with E-state index in [0.29, 0.717) is 11.1 Å². The fourth-order valence-electron chi connectivity index (χ4n) is 5.17. The lowest BCUT2D eigenvalue weighted by atomic mass is 9.60. The van der Waals surface area contributed by atoms with Gasteiger partial charge >= 0.3 is 25.8 Å². The van der Waals surface area contributed by atoms with Gasteiger partial charge in [-0.2, -0.15) is 0 Å². The van der Waals surface area contributed by atoms with Crippen LogP contribution in [-0.4, -0.2) is 74.5 Å². The van der Waals surface area contributed by atoms with Crippen molar-refractivity contribution in [1.29, 1.82) is 0 Å². The van der Waals surface area contributed by atoms with Crippen LogP contribution in [0.25, 0.3) is 0 Å². The van der Waals surface area contributed by atoms with Gasteiger partial charge in [0.15, 0.2) is 0 Å². The second kappa shape index (κ2) is 18.1. The van der Waals surface area contributed by atoms with Crippen LogP contribution in [0.1, 0.15) is 116 Å². The molecule has 278 valence electrons. The van der Waals surface area contributed by atoms with Gasteiger partial charge in [-0.3, -0.25) is 0 Å². The molecule has 2 rings (SSSR count). The van der Waals surface area contributed by atoms with Gasteiger partial charge in [-0.05, 0) is 55.0 Å². The molecule has 0 heterocycles. The second-order valence-corrected chi connectivity index (χ2v) is 18.0. The normalized spacial score (nSPS) is 13.4. The van der Waals surface area contributed by atoms with Gasteiger partial charge in [0.1, 0.15) is 5.60 Å². The Bertz CT molecular complexity index is 1180. The van der Waals surface area contributed by atoms with Crippen molar-refractivity contribution in [3.05, 3.63) is 69.8 Å². The fourth-order valence-corrected chi connectivity index (χ4v) is 5.69. The Morgan fingerprint density at radius 1 is 0.479 bits per heavy atom. The molecule has 0 aromatic heterocycles. The lowest BCUT2D eigenvalue weighted by molar-refractivity contribution is -0.137. The van der Waals surface area contributed by atoms with Gasteiger partial charge in [0, 0.05) is 0 Å². The minimum atomic E-state index is -2.62. The zero-order chi connectivity index (χ0) is 38.3. The van der Waals surface area contributed by atoms with Crippen molar-refractivity contribution in [2.75, 3.05) is 19.8 Å². The highest BCUT2D eigenvalue weighted by atomic mass is 31.2. The van der Waals surface area contributed by atoms with Crippen molar-refractivity contribution in [3.8, 4) is 0 Å². The molecule has 12 nitrogen and oxygen atoms in total. The highest BCUT2D eigenvalue weighted by Gasteiger charge is 2.55. The Hall–Kier alpha value is -0.750. The summed E-state index contributed by atoms with van der Waals surface area (Å²) in [5, 5.41) is 45.2. The molecular formula is C33H59O12P3. The zero-order valence-electron chi connectivity index (χ0n) is 30.3. The summed E-state index contributed by atoms with van der Waals surface area (Å²) in [6.07, 6.45) is 0. The van der Waals surface area contributed by atoms with Gasteiger partial charge in [-0.15, -0.1) is 0 Å². The van der Waals surface area contributed by atoms with Crippen molar-refractivity contribution in [2.45, 2.75) is 110 Å². The molecule has 11 N–H and O–H groups in total. The first-order valence-electron chi connectivity index (χ1n) is 15.2. The molecule has 0 amide bonds. The maximum absolute atomic E-state index is 13.1. The largest absolute Gasteiger partial charge is 0.395 e. The number of rotatable bonds is 8.